The molecule has 0 aliphatic carbocycles. The van der Waals surface area contributed by atoms with Gasteiger partial charge in [-0.15, -0.1) is 0 Å². The second-order valence-corrected chi connectivity index (χ2v) is 6.21. The molecular weight excluding hydrogens is 348 g/mol. The maximum absolute atomic E-state index is 11.6. The molecule has 12 heteroatoms. The normalized spacial score (nSPS) is 53.4. The largest absolute Gasteiger partial charge is 0.460 e. The highest BCUT2D eigenvalue weighted by molar-refractivity contribution is 5.86. The van der Waals surface area contributed by atoms with Gasteiger partial charge in [0.1, 0.15) is 49.3 Å². The van der Waals surface area contributed by atoms with Crippen LogP contribution < -0.4 is 0 Å². The Balaban J connectivity index is 1.79. The van der Waals surface area contributed by atoms with Crippen LogP contribution >= 0.6 is 0 Å². The quantitative estimate of drug-likeness (QED) is 0.234. The van der Waals surface area contributed by atoms with Crippen LogP contribution in [0.1, 0.15) is 0 Å². The van der Waals surface area contributed by atoms with Crippen molar-refractivity contribution < 1.29 is 59.5 Å². The Morgan fingerprint density at radius 1 is 1.04 bits per heavy atom. The topological polar surface area (TPSA) is 196 Å². The van der Waals surface area contributed by atoms with Gasteiger partial charge in [0.05, 0.1) is 6.61 Å². The standard InChI is InChI=1S/C13H20O12/c14-1-3-8(4(15)6(17)10(20)23-3)24-11-7(18)5(16)9(19)13(25-11)2-22-12(13)21/h3-11,14-20H,1-2H2/t3-,4-,5-,6-,7-,8-,9-,10+,11-,13-/m1/s1. The zero-order chi connectivity index (χ0) is 18.5. The number of aliphatic hydroxyl groups is 7. The highest BCUT2D eigenvalue weighted by atomic mass is 16.8. The van der Waals surface area contributed by atoms with Crippen molar-refractivity contribution >= 4 is 5.97 Å². The third-order valence-corrected chi connectivity index (χ3v) is 4.65. The zero-order valence-electron chi connectivity index (χ0n) is 12.8. The van der Waals surface area contributed by atoms with Crippen LogP contribution in [-0.2, 0) is 23.7 Å². The Kier molecular flexibility index (Phi) is 5.02. The number of carbonyl (C=O) groups is 1. The molecule has 3 saturated heterocycles. The second kappa shape index (κ2) is 6.66. The summed E-state index contributed by atoms with van der Waals surface area (Å²) in [6, 6.07) is 0. The first-order valence-corrected chi connectivity index (χ1v) is 7.58. The fourth-order valence-electron chi connectivity index (χ4n) is 3.03. The first kappa shape index (κ1) is 18.8. The molecule has 3 aliphatic rings. The summed E-state index contributed by atoms with van der Waals surface area (Å²) in [6.07, 6.45) is -15.2. The molecule has 0 unspecified atom stereocenters. The first-order chi connectivity index (χ1) is 11.7. The van der Waals surface area contributed by atoms with E-state index in [1.54, 1.807) is 0 Å². The smallest absolute Gasteiger partial charge is 0.345 e. The van der Waals surface area contributed by atoms with Crippen molar-refractivity contribution in [3.05, 3.63) is 0 Å². The molecule has 0 aromatic carbocycles. The number of esters is 1. The van der Waals surface area contributed by atoms with E-state index in [1.165, 1.54) is 0 Å². The van der Waals surface area contributed by atoms with Gasteiger partial charge in [0.15, 0.2) is 12.6 Å². The Hall–Kier alpha value is -0.930. The minimum absolute atomic E-state index is 0.384. The predicted molar refractivity (Wildman–Crippen MR) is 71.4 cm³/mol. The summed E-state index contributed by atoms with van der Waals surface area (Å²) in [6.45, 7) is -1.10. The number of hydrogen-bond acceptors (Lipinski definition) is 12. The van der Waals surface area contributed by atoms with Gasteiger partial charge >= 0.3 is 5.97 Å². The van der Waals surface area contributed by atoms with E-state index in [1.807, 2.05) is 0 Å². The van der Waals surface area contributed by atoms with Gasteiger partial charge in [-0.2, -0.15) is 0 Å². The SMILES string of the molecule is O=C1OC[C@]12O[C@@H](O[C@H]1[C@H](O)[C@@H](O)[C@@H](O)O[C@@H]1CO)[C@H](O)[C@@H](O)[C@H]2O. The molecule has 10 atom stereocenters. The number of carbonyl (C=O) groups excluding carboxylic acids is 1. The number of rotatable bonds is 3. The van der Waals surface area contributed by atoms with Gasteiger partial charge in [-0.25, -0.2) is 4.79 Å². The molecule has 3 fully saturated rings. The molecule has 3 aliphatic heterocycles. The van der Waals surface area contributed by atoms with E-state index >= 15 is 0 Å². The average molecular weight is 368 g/mol. The molecule has 144 valence electrons. The Bertz CT molecular complexity index is 513. The molecule has 1 spiro atoms. The fourth-order valence-corrected chi connectivity index (χ4v) is 3.03. The van der Waals surface area contributed by atoms with Crippen molar-refractivity contribution in [2.24, 2.45) is 0 Å². The third kappa shape index (κ3) is 2.84. The summed E-state index contributed by atoms with van der Waals surface area (Å²) in [5, 5.41) is 68.4. The van der Waals surface area contributed by atoms with E-state index in [0.717, 1.165) is 0 Å². The predicted octanol–water partition coefficient (Wildman–Crippen LogP) is -5.46. The summed E-state index contributed by atoms with van der Waals surface area (Å²) in [7, 11) is 0. The van der Waals surface area contributed by atoms with Crippen molar-refractivity contribution in [2.75, 3.05) is 13.2 Å². The maximum Gasteiger partial charge on any atom is 0.345 e. The van der Waals surface area contributed by atoms with Crippen molar-refractivity contribution in [1.82, 2.24) is 0 Å². The number of cyclic esters (lactones) is 1. The van der Waals surface area contributed by atoms with E-state index in [9.17, 15) is 40.5 Å². The highest BCUT2D eigenvalue weighted by Gasteiger charge is 2.65. The lowest BCUT2D eigenvalue weighted by Gasteiger charge is -2.51. The molecule has 0 saturated carbocycles. The van der Waals surface area contributed by atoms with Crippen LogP contribution in [0.4, 0.5) is 0 Å². The van der Waals surface area contributed by atoms with Crippen LogP contribution in [0.2, 0.25) is 0 Å². The van der Waals surface area contributed by atoms with Crippen LogP contribution in [0.3, 0.4) is 0 Å². The van der Waals surface area contributed by atoms with Gasteiger partial charge in [0.2, 0.25) is 5.60 Å². The van der Waals surface area contributed by atoms with E-state index in [0.29, 0.717) is 0 Å². The van der Waals surface area contributed by atoms with Gasteiger partial charge in [-0.1, -0.05) is 0 Å². The molecule has 0 radical (unpaired) electrons. The van der Waals surface area contributed by atoms with Crippen molar-refractivity contribution in [2.45, 2.75) is 60.9 Å². The Morgan fingerprint density at radius 3 is 2.24 bits per heavy atom. The number of ether oxygens (including phenoxy) is 4. The summed E-state index contributed by atoms with van der Waals surface area (Å²) >= 11 is 0. The summed E-state index contributed by atoms with van der Waals surface area (Å²) in [5.41, 5.74) is -1.93. The molecule has 7 N–H and O–H groups in total. The lowest BCUT2D eigenvalue weighted by Crippen LogP contribution is -2.75. The van der Waals surface area contributed by atoms with E-state index in [4.69, 9.17) is 14.2 Å². The highest BCUT2D eigenvalue weighted by Crippen LogP contribution is 2.38. The van der Waals surface area contributed by atoms with E-state index in [2.05, 4.69) is 4.74 Å². The fraction of sp³-hybridized carbons (Fsp3) is 0.923. The van der Waals surface area contributed by atoms with Crippen molar-refractivity contribution in [3.63, 3.8) is 0 Å². The summed E-state index contributed by atoms with van der Waals surface area (Å²) in [4.78, 5) is 11.6. The van der Waals surface area contributed by atoms with Gasteiger partial charge in [0, 0.05) is 0 Å². The summed E-state index contributed by atoms with van der Waals surface area (Å²) < 4.78 is 20.0. The van der Waals surface area contributed by atoms with Crippen LogP contribution in [0.15, 0.2) is 0 Å². The van der Waals surface area contributed by atoms with Crippen LogP contribution in [-0.4, -0.2) is 116 Å². The van der Waals surface area contributed by atoms with Crippen LogP contribution in [0, 0.1) is 0 Å². The lowest BCUT2D eigenvalue weighted by molar-refractivity contribution is -0.381. The molecular formula is C13H20O12. The number of hydrogen-bond donors (Lipinski definition) is 7. The second-order valence-electron chi connectivity index (χ2n) is 6.21. The molecule has 25 heavy (non-hydrogen) atoms. The van der Waals surface area contributed by atoms with Gasteiger partial charge in [0.25, 0.3) is 0 Å². The van der Waals surface area contributed by atoms with Gasteiger partial charge in [-0.3, -0.25) is 0 Å². The molecule has 3 heterocycles. The maximum atomic E-state index is 11.6. The van der Waals surface area contributed by atoms with Crippen LogP contribution in [0.5, 0.6) is 0 Å². The van der Waals surface area contributed by atoms with Gasteiger partial charge in [-0.05, 0) is 0 Å². The zero-order valence-corrected chi connectivity index (χ0v) is 12.8. The minimum atomic E-state index is -1.93. The van der Waals surface area contributed by atoms with Crippen molar-refractivity contribution in [1.29, 1.82) is 0 Å². The van der Waals surface area contributed by atoms with Crippen molar-refractivity contribution in [3.8, 4) is 0 Å². The van der Waals surface area contributed by atoms with Crippen LogP contribution in [0.25, 0.3) is 0 Å². The summed E-state index contributed by atoms with van der Waals surface area (Å²) in [5.74, 6) is -0.964. The Morgan fingerprint density at radius 2 is 1.72 bits per heavy atom. The molecule has 0 aromatic rings. The third-order valence-electron chi connectivity index (χ3n) is 4.65. The van der Waals surface area contributed by atoms with E-state index < -0.39 is 73.5 Å². The van der Waals surface area contributed by atoms with E-state index in [-0.39, 0.29) is 6.61 Å². The minimum Gasteiger partial charge on any atom is -0.460 e. The number of aliphatic hydroxyl groups excluding tert-OH is 7. The average Bonchev–Trinajstić information content (AvgIpc) is 2.60. The molecule has 0 amide bonds. The van der Waals surface area contributed by atoms with Gasteiger partial charge < -0.3 is 54.7 Å². The first-order valence-electron chi connectivity index (χ1n) is 7.58. The Labute approximate surface area is 140 Å². The lowest BCUT2D eigenvalue weighted by atomic mass is 9.84. The molecule has 0 aromatic heterocycles. The molecule has 12 nitrogen and oxygen atoms in total. The molecule has 0 bridgehead atoms. The monoisotopic (exact) mass is 368 g/mol. The molecule has 3 rings (SSSR count).